The number of nitrogens with zero attached hydrogens (tertiary/aromatic N) is 2. The molecular weight excluding hydrogens is 308 g/mol. The normalized spacial score (nSPS) is 18.9. The molecule has 1 unspecified atom stereocenters. The summed E-state index contributed by atoms with van der Waals surface area (Å²) in [7, 11) is 0. The Morgan fingerprint density at radius 1 is 1.52 bits per heavy atom. The summed E-state index contributed by atoms with van der Waals surface area (Å²) in [5.74, 6) is 1.65. The van der Waals surface area contributed by atoms with Gasteiger partial charge >= 0.3 is 0 Å². The van der Waals surface area contributed by atoms with E-state index in [2.05, 4.69) is 22.4 Å². The van der Waals surface area contributed by atoms with Gasteiger partial charge in [-0.25, -0.2) is 0 Å². The minimum atomic E-state index is 0.149. The molecule has 0 aromatic heterocycles. The monoisotopic (exact) mass is 334 g/mol. The Bertz CT molecular complexity index is 535. The van der Waals surface area contributed by atoms with E-state index in [9.17, 15) is 0 Å². The lowest BCUT2D eigenvalue weighted by molar-refractivity contribution is 0.170. The van der Waals surface area contributed by atoms with Crippen molar-refractivity contribution in [2.24, 2.45) is 16.8 Å². The molecule has 0 aliphatic carbocycles. The summed E-state index contributed by atoms with van der Waals surface area (Å²) in [4.78, 5) is 2.54. The Balaban J connectivity index is 1.76. The number of nitrogens with two attached hydrogens (primary N) is 1. The molecular formula is C17H26N4OS. The average Bonchev–Trinajstić information content (AvgIpc) is 2.52. The van der Waals surface area contributed by atoms with Crippen molar-refractivity contribution < 1.29 is 4.74 Å². The third kappa shape index (κ3) is 6.54. The van der Waals surface area contributed by atoms with Crippen molar-refractivity contribution in [3.05, 3.63) is 29.8 Å². The molecule has 0 radical (unpaired) electrons. The largest absolute Gasteiger partial charge is 0.493 e. The van der Waals surface area contributed by atoms with Crippen molar-refractivity contribution in [1.82, 2.24) is 10.3 Å². The molecule has 6 heteroatoms. The van der Waals surface area contributed by atoms with E-state index in [0.29, 0.717) is 6.61 Å². The molecule has 1 heterocycles. The maximum absolute atomic E-state index is 5.90. The molecule has 1 saturated heterocycles. The van der Waals surface area contributed by atoms with Crippen molar-refractivity contribution in [3.8, 4) is 5.75 Å². The van der Waals surface area contributed by atoms with Gasteiger partial charge in [-0.3, -0.25) is 5.43 Å². The zero-order valence-corrected chi connectivity index (χ0v) is 14.5. The van der Waals surface area contributed by atoms with Gasteiger partial charge in [0.05, 0.1) is 12.8 Å². The van der Waals surface area contributed by atoms with E-state index in [4.69, 9.17) is 22.7 Å². The Labute approximate surface area is 143 Å². The molecule has 1 aromatic carbocycles. The number of likely N-dealkylation sites (tertiary alicyclic amines) is 1. The van der Waals surface area contributed by atoms with Gasteiger partial charge < -0.3 is 15.4 Å². The number of rotatable bonds is 7. The fourth-order valence-electron chi connectivity index (χ4n) is 2.84. The van der Waals surface area contributed by atoms with Crippen LogP contribution >= 0.6 is 12.2 Å². The van der Waals surface area contributed by atoms with Crippen molar-refractivity contribution >= 4 is 23.5 Å². The summed E-state index contributed by atoms with van der Waals surface area (Å²) in [6.07, 6.45) is 5.38. The van der Waals surface area contributed by atoms with Gasteiger partial charge in [0.25, 0.3) is 0 Å². The van der Waals surface area contributed by atoms with Crippen LogP contribution in [-0.4, -0.2) is 42.5 Å². The lowest BCUT2D eigenvalue weighted by atomic mass is 10.0. The van der Waals surface area contributed by atoms with Crippen LogP contribution in [0.5, 0.6) is 5.75 Å². The molecule has 23 heavy (non-hydrogen) atoms. The minimum absolute atomic E-state index is 0.149. The predicted octanol–water partition coefficient (Wildman–Crippen LogP) is 2.35. The molecule has 1 atom stereocenters. The van der Waals surface area contributed by atoms with Gasteiger partial charge in [0.2, 0.25) is 0 Å². The van der Waals surface area contributed by atoms with Crippen LogP contribution in [0.2, 0.25) is 0 Å². The van der Waals surface area contributed by atoms with Gasteiger partial charge in [0.15, 0.2) is 5.11 Å². The van der Waals surface area contributed by atoms with Crippen LogP contribution in [0.1, 0.15) is 31.7 Å². The second-order valence-electron chi connectivity index (χ2n) is 6.02. The van der Waals surface area contributed by atoms with Gasteiger partial charge in [-0.1, -0.05) is 19.1 Å². The fourth-order valence-corrected chi connectivity index (χ4v) is 2.90. The highest BCUT2D eigenvalue weighted by atomic mass is 32.1. The lowest BCUT2D eigenvalue weighted by Gasteiger charge is -2.30. The average molecular weight is 334 g/mol. The second kappa shape index (κ2) is 9.47. The van der Waals surface area contributed by atoms with E-state index in [1.54, 1.807) is 6.21 Å². The van der Waals surface area contributed by atoms with E-state index in [1.807, 2.05) is 24.3 Å². The number of thiocarbonyl (C=S) groups is 1. The maximum atomic E-state index is 5.90. The molecule has 1 fully saturated rings. The molecule has 2 rings (SSSR count). The van der Waals surface area contributed by atoms with E-state index in [-0.39, 0.29) is 5.11 Å². The Hall–Kier alpha value is -1.66. The molecule has 126 valence electrons. The van der Waals surface area contributed by atoms with E-state index < -0.39 is 0 Å². The van der Waals surface area contributed by atoms with Crippen LogP contribution in [0.3, 0.4) is 0 Å². The minimum Gasteiger partial charge on any atom is -0.493 e. The standard InChI is InChI=1S/C17H26N4OS/c1-14-6-4-9-21(13-14)10-5-11-22-16-8-3-2-7-15(16)12-19-20-17(18)23/h2-3,7-8,12,14H,4-6,9-11,13H2,1H3,(H3,18,20,23). The van der Waals surface area contributed by atoms with Gasteiger partial charge in [-0.15, -0.1) is 0 Å². The lowest BCUT2D eigenvalue weighted by Crippen LogP contribution is -2.35. The summed E-state index contributed by atoms with van der Waals surface area (Å²) < 4.78 is 5.90. The number of piperidine rings is 1. The summed E-state index contributed by atoms with van der Waals surface area (Å²) in [5.41, 5.74) is 8.80. The first-order valence-corrected chi connectivity index (χ1v) is 8.58. The summed E-state index contributed by atoms with van der Waals surface area (Å²) in [6, 6.07) is 7.81. The number of hydrazone groups is 1. The van der Waals surface area contributed by atoms with Crippen molar-refractivity contribution in [1.29, 1.82) is 0 Å². The molecule has 0 saturated carbocycles. The first-order valence-electron chi connectivity index (χ1n) is 8.18. The highest BCUT2D eigenvalue weighted by molar-refractivity contribution is 7.80. The highest BCUT2D eigenvalue weighted by Crippen LogP contribution is 2.17. The quantitative estimate of drug-likeness (QED) is 0.347. The molecule has 3 N–H and O–H groups in total. The third-order valence-corrected chi connectivity index (χ3v) is 4.01. The van der Waals surface area contributed by atoms with Crippen molar-refractivity contribution in [2.75, 3.05) is 26.2 Å². The molecule has 1 aliphatic rings. The topological polar surface area (TPSA) is 62.9 Å². The van der Waals surface area contributed by atoms with E-state index >= 15 is 0 Å². The molecule has 0 spiro atoms. The van der Waals surface area contributed by atoms with Gasteiger partial charge in [0.1, 0.15) is 5.75 Å². The van der Waals surface area contributed by atoms with Crippen molar-refractivity contribution in [2.45, 2.75) is 26.2 Å². The number of hydrogen-bond acceptors (Lipinski definition) is 4. The zero-order valence-electron chi connectivity index (χ0n) is 13.7. The Morgan fingerprint density at radius 2 is 2.35 bits per heavy atom. The predicted molar refractivity (Wildman–Crippen MR) is 98.9 cm³/mol. The summed E-state index contributed by atoms with van der Waals surface area (Å²) >= 11 is 4.72. The van der Waals surface area contributed by atoms with Crippen molar-refractivity contribution in [3.63, 3.8) is 0 Å². The van der Waals surface area contributed by atoms with Crippen LogP contribution in [-0.2, 0) is 0 Å². The zero-order chi connectivity index (χ0) is 16.5. The number of hydrogen-bond donors (Lipinski definition) is 2. The molecule has 0 amide bonds. The van der Waals surface area contributed by atoms with Gasteiger partial charge in [-0.05, 0) is 56.1 Å². The van der Waals surface area contributed by atoms with Gasteiger partial charge in [0, 0.05) is 18.7 Å². The van der Waals surface area contributed by atoms with Gasteiger partial charge in [-0.2, -0.15) is 5.10 Å². The first kappa shape index (κ1) is 17.7. The molecule has 5 nitrogen and oxygen atoms in total. The van der Waals surface area contributed by atoms with Crippen LogP contribution in [0.25, 0.3) is 0 Å². The number of benzene rings is 1. The van der Waals surface area contributed by atoms with E-state index in [1.165, 1.54) is 25.9 Å². The SMILES string of the molecule is CC1CCCN(CCCOc2ccccc2C=NNC(N)=S)C1. The third-order valence-electron chi connectivity index (χ3n) is 3.91. The fraction of sp³-hybridized carbons (Fsp3) is 0.529. The Kier molecular flexibility index (Phi) is 7.29. The van der Waals surface area contributed by atoms with Crippen LogP contribution in [0.4, 0.5) is 0 Å². The second-order valence-corrected chi connectivity index (χ2v) is 6.46. The van der Waals surface area contributed by atoms with E-state index in [0.717, 1.165) is 30.2 Å². The highest BCUT2D eigenvalue weighted by Gasteiger charge is 2.15. The number of para-hydroxylation sites is 1. The number of nitrogens with one attached hydrogen (secondary N) is 1. The molecule has 0 bridgehead atoms. The molecule has 1 aliphatic heterocycles. The smallest absolute Gasteiger partial charge is 0.184 e. The first-order chi connectivity index (χ1) is 11.1. The maximum Gasteiger partial charge on any atom is 0.184 e. The summed E-state index contributed by atoms with van der Waals surface area (Å²) in [5, 5.41) is 4.13. The van der Waals surface area contributed by atoms with Crippen LogP contribution in [0, 0.1) is 5.92 Å². The summed E-state index contributed by atoms with van der Waals surface area (Å²) in [6.45, 7) is 6.58. The van der Waals surface area contributed by atoms with Crippen LogP contribution in [0.15, 0.2) is 29.4 Å². The molecule has 1 aromatic rings. The Morgan fingerprint density at radius 3 is 3.13 bits per heavy atom. The number of ether oxygens (including phenoxy) is 1. The van der Waals surface area contributed by atoms with Crippen LogP contribution < -0.4 is 15.9 Å².